The second-order valence-corrected chi connectivity index (χ2v) is 2.87. The fourth-order valence-electron chi connectivity index (χ4n) is 0.842. The van der Waals surface area contributed by atoms with Gasteiger partial charge in [0.25, 0.3) is 0 Å². The molecule has 0 aliphatic carbocycles. The minimum absolute atomic E-state index is 1.30. The molecule has 0 amide bonds. The van der Waals surface area contributed by atoms with Crippen LogP contribution in [0.2, 0.25) is 0 Å². The maximum atomic E-state index is 2.23. The first-order valence-corrected chi connectivity index (χ1v) is 4.41. The summed E-state index contributed by atoms with van der Waals surface area (Å²) in [5.74, 6) is 0. The van der Waals surface area contributed by atoms with Crippen LogP contribution in [0.4, 0.5) is 0 Å². The monoisotopic (exact) mass is 244 g/mol. The van der Waals surface area contributed by atoms with E-state index in [-0.39, 0.29) is 0 Å². The van der Waals surface area contributed by atoms with Gasteiger partial charge in [-0.3, -0.25) is 0 Å². The molecule has 0 aliphatic rings. The van der Waals surface area contributed by atoms with Gasteiger partial charge < -0.3 is 0 Å². The minimum atomic E-state index is 1.30. The van der Waals surface area contributed by atoms with Gasteiger partial charge in [-0.05, 0) is 28.2 Å². The quantitative estimate of drug-likeness (QED) is 0.664. The van der Waals surface area contributed by atoms with Gasteiger partial charge in [0.2, 0.25) is 0 Å². The fraction of sp³-hybridized carbons (Fsp3) is 0.111. The summed E-state index contributed by atoms with van der Waals surface area (Å²) in [6, 6.07) is 8.34. The number of halogens is 1. The molecule has 0 aromatic heterocycles. The van der Waals surface area contributed by atoms with Crippen molar-refractivity contribution in [1.82, 2.24) is 0 Å². The second-order valence-electron chi connectivity index (χ2n) is 2.15. The van der Waals surface area contributed by atoms with Crippen molar-refractivity contribution >= 4 is 28.7 Å². The van der Waals surface area contributed by atoms with Crippen LogP contribution in [0.1, 0.15) is 11.1 Å². The molecule has 10 heavy (non-hydrogen) atoms. The highest BCUT2D eigenvalue weighted by Crippen LogP contribution is 2.09. The summed E-state index contributed by atoms with van der Waals surface area (Å²) < 4.78 is 2.03. The van der Waals surface area contributed by atoms with Crippen molar-refractivity contribution in [3.05, 3.63) is 39.5 Å². The van der Waals surface area contributed by atoms with Crippen molar-refractivity contribution in [3.8, 4) is 0 Å². The standard InChI is InChI=1S/C9H9I/c1-8-4-2-3-5-9(8)6-7-10/h2-7H,1H3/b7-6-. The summed E-state index contributed by atoms with van der Waals surface area (Å²) in [5, 5.41) is 0. The highest BCUT2D eigenvalue weighted by molar-refractivity contribution is 14.1. The zero-order valence-corrected chi connectivity index (χ0v) is 8.00. The van der Waals surface area contributed by atoms with E-state index in [1.54, 1.807) is 0 Å². The predicted molar refractivity (Wildman–Crippen MR) is 54.2 cm³/mol. The Labute approximate surface area is 75.1 Å². The van der Waals surface area contributed by atoms with Gasteiger partial charge in [0.05, 0.1) is 0 Å². The van der Waals surface area contributed by atoms with Crippen LogP contribution in [0.25, 0.3) is 6.08 Å². The zero-order chi connectivity index (χ0) is 7.40. The predicted octanol–water partition coefficient (Wildman–Crippen LogP) is 3.40. The van der Waals surface area contributed by atoms with Crippen molar-refractivity contribution in [2.24, 2.45) is 0 Å². The maximum absolute atomic E-state index is 2.23. The van der Waals surface area contributed by atoms with Crippen molar-refractivity contribution in [2.45, 2.75) is 6.92 Å². The molecule has 1 aromatic rings. The minimum Gasteiger partial charge on any atom is -0.0620 e. The van der Waals surface area contributed by atoms with Crippen LogP contribution in [0.3, 0.4) is 0 Å². The Morgan fingerprint density at radius 3 is 2.60 bits per heavy atom. The third-order valence-corrected chi connectivity index (χ3v) is 1.79. The molecule has 0 radical (unpaired) electrons. The summed E-state index contributed by atoms with van der Waals surface area (Å²) in [6.45, 7) is 2.12. The van der Waals surface area contributed by atoms with E-state index in [0.29, 0.717) is 0 Å². The van der Waals surface area contributed by atoms with Crippen LogP contribution in [-0.2, 0) is 0 Å². The average Bonchev–Trinajstić information content (AvgIpc) is 1.94. The molecule has 0 spiro atoms. The lowest BCUT2D eigenvalue weighted by molar-refractivity contribution is 1.45. The molecule has 1 rings (SSSR count). The lowest BCUT2D eigenvalue weighted by atomic mass is 10.1. The summed E-state index contributed by atoms with van der Waals surface area (Å²) in [5.41, 5.74) is 2.63. The molecule has 0 saturated carbocycles. The first kappa shape index (κ1) is 7.79. The third-order valence-electron chi connectivity index (χ3n) is 1.43. The number of hydrogen-bond donors (Lipinski definition) is 0. The molecule has 0 saturated heterocycles. The molecule has 1 aromatic carbocycles. The van der Waals surface area contributed by atoms with Crippen LogP contribution in [-0.4, -0.2) is 0 Å². The van der Waals surface area contributed by atoms with Crippen LogP contribution in [0.5, 0.6) is 0 Å². The first-order valence-electron chi connectivity index (χ1n) is 3.17. The van der Waals surface area contributed by atoms with E-state index in [1.165, 1.54) is 11.1 Å². The van der Waals surface area contributed by atoms with E-state index in [4.69, 9.17) is 0 Å². The number of hydrogen-bond acceptors (Lipinski definition) is 0. The average molecular weight is 244 g/mol. The molecule has 0 atom stereocenters. The Balaban J connectivity index is 3.03. The van der Waals surface area contributed by atoms with Gasteiger partial charge >= 0.3 is 0 Å². The summed E-state index contributed by atoms with van der Waals surface area (Å²) in [4.78, 5) is 0. The van der Waals surface area contributed by atoms with E-state index >= 15 is 0 Å². The Hall–Kier alpha value is -0.310. The highest BCUT2D eigenvalue weighted by Gasteiger charge is 1.88. The van der Waals surface area contributed by atoms with E-state index in [0.717, 1.165) is 0 Å². The maximum Gasteiger partial charge on any atom is -0.0223 e. The van der Waals surface area contributed by atoms with Crippen LogP contribution >= 0.6 is 22.6 Å². The lowest BCUT2D eigenvalue weighted by Gasteiger charge is -1.95. The van der Waals surface area contributed by atoms with Gasteiger partial charge in [-0.2, -0.15) is 0 Å². The first-order chi connectivity index (χ1) is 4.84. The molecule has 0 nitrogen and oxygen atoms in total. The second kappa shape index (κ2) is 3.76. The van der Waals surface area contributed by atoms with Gasteiger partial charge in [0, 0.05) is 0 Å². The summed E-state index contributed by atoms with van der Waals surface area (Å²) in [7, 11) is 0. The third kappa shape index (κ3) is 1.84. The largest absolute Gasteiger partial charge is 0.0620 e. The molecule has 0 N–H and O–H groups in total. The summed E-state index contributed by atoms with van der Waals surface area (Å²) >= 11 is 2.23. The van der Waals surface area contributed by atoms with Crippen molar-refractivity contribution in [1.29, 1.82) is 0 Å². The molecule has 0 heterocycles. The zero-order valence-electron chi connectivity index (χ0n) is 5.84. The topological polar surface area (TPSA) is 0 Å². The molecule has 1 heteroatoms. The number of rotatable bonds is 1. The number of aryl methyl sites for hydroxylation is 1. The Morgan fingerprint density at radius 2 is 2.00 bits per heavy atom. The van der Waals surface area contributed by atoms with E-state index < -0.39 is 0 Å². The van der Waals surface area contributed by atoms with E-state index in [1.807, 2.05) is 4.08 Å². The molecular formula is C9H9I. The van der Waals surface area contributed by atoms with Crippen LogP contribution in [0.15, 0.2) is 28.3 Å². The van der Waals surface area contributed by atoms with Gasteiger partial charge in [-0.25, -0.2) is 0 Å². The summed E-state index contributed by atoms with van der Waals surface area (Å²) in [6.07, 6.45) is 2.11. The fourth-order valence-corrected chi connectivity index (χ4v) is 1.23. The molecule has 0 fully saturated rings. The Morgan fingerprint density at radius 1 is 1.30 bits per heavy atom. The Bertz CT molecular complexity index is 238. The van der Waals surface area contributed by atoms with Gasteiger partial charge in [-0.1, -0.05) is 46.9 Å². The van der Waals surface area contributed by atoms with Crippen LogP contribution < -0.4 is 0 Å². The van der Waals surface area contributed by atoms with Crippen molar-refractivity contribution in [2.75, 3.05) is 0 Å². The van der Waals surface area contributed by atoms with Gasteiger partial charge in [0.1, 0.15) is 0 Å². The molecule has 0 aliphatic heterocycles. The molecule has 52 valence electrons. The smallest absolute Gasteiger partial charge is 0.0223 e. The lowest BCUT2D eigenvalue weighted by Crippen LogP contribution is -1.76. The Kier molecular flexibility index (Phi) is 2.93. The van der Waals surface area contributed by atoms with Gasteiger partial charge in [-0.15, -0.1) is 0 Å². The normalized spacial score (nSPS) is 10.6. The van der Waals surface area contributed by atoms with Crippen molar-refractivity contribution in [3.63, 3.8) is 0 Å². The van der Waals surface area contributed by atoms with E-state index in [9.17, 15) is 0 Å². The highest BCUT2D eigenvalue weighted by atomic mass is 127. The van der Waals surface area contributed by atoms with Crippen molar-refractivity contribution < 1.29 is 0 Å². The van der Waals surface area contributed by atoms with E-state index in [2.05, 4.69) is 59.9 Å². The molecule has 0 unspecified atom stereocenters. The van der Waals surface area contributed by atoms with Gasteiger partial charge in [0.15, 0.2) is 0 Å². The molecular weight excluding hydrogens is 235 g/mol. The number of benzene rings is 1. The van der Waals surface area contributed by atoms with Crippen LogP contribution in [0, 0.1) is 6.92 Å². The molecule has 0 bridgehead atoms. The SMILES string of the molecule is Cc1ccccc1/C=C\I.